The first-order valence-corrected chi connectivity index (χ1v) is 8.01. The number of rotatable bonds is 4. The quantitative estimate of drug-likeness (QED) is 0.942. The van der Waals surface area contributed by atoms with E-state index in [9.17, 15) is 4.79 Å². The number of pyridine rings is 1. The second kappa shape index (κ2) is 5.55. The van der Waals surface area contributed by atoms with Crippen molar-refractivity contribution in [3.05, 3.63) is 42.6 Å². The first-order valence-electron chi connectivity index (χ1n) is 8.01. The van der Waals surface area contributed by atoms with Gasteiger partial charge in [0.25, 0.3) is 0 Å². The Morgan fingerprint density at radius 3 is 3.00 bits per heavy atom. The Kier molecular flexibility index (Phi) is 3.41. The van der Waals surface area contributed by atoms with Gasteiger partial charge in [-0.3, -0.25) is 9.36 Å². The van der Waals surface area contributed by atoms with Gasteiger partial charge >= 0.3 is 0 Å². The highest BCUT2D eigenvalue weighted by molar-refractivity contribution is 5.79. The van der Waals surface area contributed by atoms with Crippen molar-refractivity contribution in [2.45, 2.75) is 32.2 Å². The van der Waals surface area contributed by atoms with Crippen molar-refractivity contribution >= 4 is 5.91 Å². The zero-order chi connectivity index (χ0) is 14.9. The largest absolute Gasteiger partial charge is 0.352 e. The van der Waals surface area contributed by atoms with E-state index in [0.29, 0.717) is 12.5 Å². The highest BCUT2D eigenvalue weighted by Crippen LogP contribution is 2.48. The van der Waals surface area contributed by atoms with Gasteiger partial charge in [0.1, 0.15) is 12.1 Å². The Labute approximate surface area is 129 Å². The van der Waals surface area contributed by atoms with Gasteiger partial charge in [-0.05, 0) is 37.2 Å². The Bertz CT molecular complexity index is 667. The molecule has 114 valence electrons. The number of carbonyl (C=O) groups excluding carboxylic acids is 1. The molecule has 0 unspecified atom stereocenters. The predicted octanol–water partition coefficient (Wildman–Crippen LogP) is 2.32. The summed E-state index contributed by atoms with van der Waals surface area (Å²) in [6, 6.07) is 3.91. The molecule has 0 radical (unpaired) electrons. The van der Waals surface area contributed by atoms with Gasteiger partial charge in [-0.2, -0.15) is 0 Å². The average Bonchev–Trinajstić information content (AvgIpc) is 3.29. The SMILES string of the molecule is O=C(NCc1cccnc1-n1ccnc1)[C@@H]1C[C@H]2CC[C@H]1C2. The van der Waals surface area contributed by atoms with Crippen LogP contribution in [0.1, 0.15) is 31.2 Å². The molecule has 2 aliphatic rings. The smallest absolute Gasteiger partial charge is 0.223 e. The summed E-state index contributed by atoms with van der Waals surface area (Å²) in [5.41, 5.74) is 1.01. The van der Waals surface area contributed by atoms with Crippen LogP contribution in [0.2, 0.25) is 0 Å². The van der Waals surface area contributed by atoms with Crippen LogP contribution in [-0.4, -0.2) is 20.4 Å². The summed E-state index contributed by atoms with van der Waals surface area (Å²) in [4.78, 5) is 20.9. The van der Waals surface area contributed by atoms with Crippen molar-refractivity contribution in [1.82, 2.24) is 19.9 Å². The Hall–Kier alpha value is -2.17. The fraction of sp³-hybridized carbons (Fsp3) is 0.471. The first-order chi connectivity index (χ1) is 10.8. The molecule has 0 aromatic carbocycles. The summed E-state index contributed by atoms with van der Waals surface area (Å²) in [5.74, 6) is 2.68. The van der Waals surface area contributed by atoms with Crippen LogP contribution in [0.3, 0.4) is 0 Å². The summed E-state index contributed by atoms with van der Waals surface area (Å²) in [6.07, 6.45) is 12.0. The zero-order valence-electron chi connectivity index (χ0n) is 12.5. The molecular weight excluding hydrogens is 276 g/mol. The van der Waals surface area contributed by atoms with Gasteiger partial charge in [0.2, 0.25) is 5.91 Å². The lowest BCUT2D eigenvalue weighted by Crippen LogP contribution is -2.33. The van der Waals surface area contributed by atoms with E-state index in [-0.39, 0.29) is 11.8 Å². The van der Waals surface area contributed by atoms with Gasteiger partial charge < -0.3 is 5.32 Å². The molecule has 2 aliphatic carbocycles. The molecule has 3 atom stereocenters. The number of aromatic nitrogens is 3. The predicted molar refractivity (Wildman–Crippen MR) is 82.1 cm³/mol. The van der Waals surface area contributed by atoms with Crippen LogP contribution >= 0.6 is 0 Å². The van der Waals surface area contributed by atoms with E-state index in [2.05, 4.69) is 15.3 Å². The zero-order valence-corrected chi connectivity index (χ0v) is 12.5. The normalized spacial score (nSPS) is 26.3. The molecule has 0 aliphatic heterocycles. The number of nitrogens with zero attached hydrogens (tertiary/aromatic N) is 3. The van der Waals surface area contributed by atoms with Crippen molar-refractivity contribution in [3.63, 3.8) is 0 Å². The Morgan fingerprint density at radius 1 is 1.32 bits per heavy atom. The first kappa shape index (κ1) is 13.5. The molecule has 22 heavy (non-hydrogen) atoms. The van der Waals surface area contributed by atoms with Crippen molar-refractivity contribution < 1.29 is 4.79 Å². The third kappa shape index (κ3) is 2.40. The summed E-state index contributed by atoms with van der Waals surface area (Å²) in [5, 5.41) is 3.12. The van der Waals surface area contributed by atoms with Crippen molar-refractivity contribution in [2.24, 2.45) is 17.8 Å². The number of hydrogen-bond donors (Lipinski definition) is 1. The monoisotopic (exact) mass is 296 g/mol. The maximum atomic E-state index is 12.5. The topological polar surface area (TPSA) is 59.8 Å². The van der Waals surface area contributed by atoms with Crippen LogP contribution in [0.4, 0.5) is 0 Å². The molecule has 2 saturated carbocycles. The van der Waals surface area contributed by atoms with Crippen LogP contribution < -0.4 is 5.32 Å². The lowest BCUT2D eigenvalue weighted by Gasteiger charge is -2.21. The molecule has 2 aromatic heterocycles. The van der Waals surface area contributed by atoms with E-state index in [1.807, 2.05) is 22.9 Å². The lowest BCUT2D eigenvalue weighted by molar-refractivity contribution is -0.126. The van der Waals surface area contributed by atoms with Crippen LogP contribution in [0.15, 0.2) is 37.1 Å². The second-order valence-electron chi connectivity index (χ2n) is 6.46. The standard InChI is InChI=1S/C17H20N4O/c22-17(15-9-12-3-4-13(15)8-12)20-10-14-2-1-5-19-16(14)21-7-6-18-11-21/h1-2,5-7,11-13,15H,3-4,8-10H2,(H,20,22)/t12-,13-,15+/m0/s1. The molecule has 1 amide bonds. The fourth-order valence-corrected chi connectivity index (χ4v) is 4.06. The molecule has 0 spiro atoms. The molecule has 2 aromatic rings. The molecule has 5 nitrogen and oxygen atoms in total. The summed E-state index contributed by atoms with van der Waals surface area (Å²) in [7, 11) is 0. The highest BCUT2D eigenvalue weighted by Gasteiger charge is 2.42. The van der Waals surface area contributed by atoms with E-state index in [1.165, 1.54) is 19.3 Å². The third-order valence-corrected chi connectivity index (χ3v) is 5.14. The van der Waals surface area contributed by atoms with E-state index in [1.54, 1.807) is 18.7 Å². The van der Waals surface area contributed by atoms with Crippen LogP contribution in [0.25, 0.3) is 5.82 Å². The molecule has 0 saturated heterocycles. The van der Waals surface area contributed by atoms with E-state index in [4.69, 9.17) is 0 Å². The molecule has 1 N–H and O–H groups in total. The average molecular weight is 296 g/mol. The minimum absolute atomic E-state index is 0.215. The van der Waals surface area contributed by atoms with Crippen molar-refractivity contribution in [1.29, 1.82) is 0 Å². The Balaban J connectivity index is 1.45. The van der Waals surface area contributed by atoms with Gasteiger partial charge in [0.05, 0.1) is 0 Å². The van der Waals surface area contributed by atoms with Gasteiger partial charge in [0.15, 0.2) is 0 Å². The van der Waals surface area contributed by atoms with Crippen molar-refractivity contribution in [3.8, 4) is 5.82 Å². The number of nitrogens with one attached hydrogen (secondary N) is 1. The fourth-order valence-electron chi connectivity index (χ4n) is 4.06. The maximum Gasteiger partial charge on any atom is 0.223 e. The summed E-state index contributed by atoms with van der Waals surface area (Å²) >= 11 is 0. The van der Waals surface area contributed by atoms with Crippen LogP contribution in [-0.2, 0) is 11.3 Å². The molecule has 2 bridgehead atoms. The highest BCUT2D eigenvalue weighted by atomic mass is 16.1. The van der Waals surface area contributed by atoms with Gasteiger partial charge in [-0.25, -0.2) is 9.97 Å². The Morgan fingerprint density at radius 2 is 2.27 bits per heavy atom. The molecule has 4 rings (SSSR count). The molecule has 2 heterocycles. The number of amides is 1. The van der Waals surface area contributed by atoms with Crippen LogP contribution in [0, 0.1) is 17.8 Å². The van der Waals surface area contributed by atoms with Crippen LogP contribution in [0.5, 0.6) is 0 Å². The summed E-state index contributed by atoms with van der Waals surface area (Å²) in [6.45, 7) is 0.522. The van der Waals surface area contributed by atoms with Gasteiger partial charge in [0, 0.05) is 36.6 Å². The number of carbonyl (C=O) groups is 1. The summed E-state index contributed by atoms with van der Waals surface area (Å²) < 4.78 is 1.87. The van der Waals surface area contributed by atoms with E-state index >= 15 is 0 Å². The number of hydrogen-bond acceptors (Lipinski definition) is 3. The minimum atomic E-state index is 0.215. The number of fused-ring (bicyclic) bond motifs is 2. The lowest BCUT2D eigenvalue weighted by atomic mass is 9.88. The minimum Gasteiger partial charge on any atom is -0.352 e. The van der Waals surface area contributed by atoms with Crippen molar-refractivity contribution in [2.75, 3.05) is 0 Å². The molecule has 5 heteroatoms. The second-order valence-corrected chi connectivity index (χ2v) is 6.46. The maximum absolute atomic E-state index is 12.5. The van der Waals surface area contributed by atoms with E-state index < -0.39 is 0 Å². The molecule has 2 fully saturated rings. The van der Waals surface area contributed by atoms with E-state index in [0.717, 1.165) is 23.7 Å². The van der Waals surface area contributed by atoms with Gasteiger partial charge in [-0.1, -0.05) is 12.5 Å². The number of imidazole rings is 1. The third-order valence-electron chi connectivity index (χ3n) is 5.14. The van der Waals surface area contributed by atoms with Gasteiger partial charge in [-0.15, -0.1) is 0 Å². The molecular formula is C17H20N4O.